The van der Waals surface area contributed by atoms with Crippen molar-refractivity contribution in [2.24, 2.45) is 0 Å². The van der Waals surface area contributed by atoms with Gasteiger partial charge in [0.05, 0.1) is 40.3 Å². The maximum Gasteiger partial charge on any atom is 0.255 e. The van der Waals surface area contributed by atoms with Gasteiger partial charge in [0.1, 0.15) is 28.2 Å². The fourth-order valence-corrected chi connectivity index (χ4v) is 6.24. The molecule has 0 spiro atoms. The molecule has 2 amide bonds. The number of aromatic nitrogens is 7. The number of carbonyl (C=O) groups is 2. The standard InChI is InChI=1S/C17H27BrN4O2Si.C17H20N6O3S/c1-17(2,3)21-16(23)12-10-22(11-24-7-8-25(4,5)6)15-14(12)20-13(18)9-19-15;1-17(2,3)23-16(24)12-8-19-15-14(12)22-13(9-20-15)21-10-5-11(7-18-6-10)27(4,25)26/h9-10H,7-8,11H2,1-6H3,(H,21,23);5-9H,1-4H3,(H,19,20)(H,21,22)(H,23,24). The van der Waals surface area contributed by atoms with Crippen LogP contribution >= 0.6 is 15.9 Å². The highest BCUT2D eigenvalue weighted by atomic mass is 79.9. The van der Waals surface area contributed by atoms with E-state index in [0.29, 0.717) is 62.9 Å². The smallest absolute Gasteiger partial charge is 0.255 e. The van der Waals surface area contributed by atoms with E-state index < -0.39 is 17.9 Å². The first-order chi connectivity index (χ1) is 24.0. The maximum atomic E-state index is 12.6. The highest BCUT2D eigenvalue weighted by Gasteiger charge is 2.23. The highest BCUT2D eigenvalue weighted by Crippen LogP contribution is 2.23. The minimum Gasteiger partial charge on any atom is -0.361 e. The zero-order chi connectivity index (χ0) is 38.6. The second kappa shape index (κ2) is 15.8. The van der Waals surface area contributed by atoms with E-state index in [1.165, 1.54) is 24.7 Å². The van der Waals surface area contributed by atoms with Crippen LogP contribution in [0.5, 0.6) is 0 Å². The molecule has 0 fully saturated rings. The second-order valence-corrected chi connectivity index (χ2v) is 24.0. The Morgan fingerprint density at radius 1 is 0.923 bits per heavy atom. The average Bonchev–Trinajstić information content (AvgIpc) is 3.58. The van der Waals surface area contributed by atoms with Gasteiger partial charge in [0.25, 0.3) is 11.8 Å². The second-order valence-electron chi connectivity index (χ2n) is 15.6. The Bertz CT molecular complexity index is 2180. The molecule has 52 heavy (non-hydrogen) atoms. The van der Waals surface area contributed by atoms with Gasteiger partial charge < -0.3 is 30.2 Å². The summed E-state index contributed by atoms with van der Waals surface area (Å²) in [5, 5.41) is 8.83. The van der Waals surface area contributed by atoms with Gasteiger partial charge in [0, 0.05) is 50.6 Å². The molecule has 0 radical (unpaired) electrons. The van der Waals surface area contributed by atoms with Gasteiger partial charge in [0.15, 0.2) is 21.1 Å². The van der Waals surface area contributed by atoms with Gasteiger partial charge in [-0.25, -0.2) is 28.4 Å². The summed E-state index contributed by atoms with van der Waals surface area (Å²) >= 11 is 3.33. The van der Waals surface area contributed by atoms with Crippen LogP contribution in [0.2, 0.25) is 25.7 Å². The van der Waals surface area contributed by atoms with Crippen molar-refractivity contribution >= 4 is 79.5 Å². The van der Waals surface area contributed by atoms with E-state index in [1.54, 1.807) is 18.6 Å². The molecule has 5 rings (SSSR count). The topological polar surface area (TPSA) is 199 Å². The number of rotatable bonds is 10. The Morgan fingerprint density at radius 2 is 1.58 bits per heavy atom. The Labute approximate surface area is 313 Å². The number of anilines is 2. The van der Waals surface area contributed by atoms with Gasteiger partial charge in [-0.15, -0.1) is 0 Å². The number of hydrogen-bond donors (Lipinski definition) is 4. The minimum absolute atomic E-state index is 0.0911. The number of hydrogen-bond acceptors (Lipinski definition) is 11. The lowest BCUT2D eigenvalue weighted by molar-refractivity contribution is 0.0884. The van der Waals surface area contributed by atoms with Gasteiger partial charge in [0.2, 0.25) is 0 Å². The van der Waals surface area contributed by atoms with Crippen LogP contribution in [0.3, 0.4) is 0 Å². The van der Waals surface area contributed by atoms with Crippen molar-refractivity contribution in [3.05, 3.63) is 59.0 Å². The molecule has 0 bridgehead atoms. The van der Waals surface area contributed by atoms with Crippen molar-refractivity contribution in [1.82, 2.24) is 45.1 Å². The van der Waals surface area contributed by atoms with Crippen LogP contribution in [0.4, 0.5) is 11.5 Å². The third kappa shape index (κ3) is 11.6. The number of sulfone groups is 1. The summed E-state index contributed by atoms with van der Waals surface area (Å²) in [4.78, 5) is 49.5. The number of ether oxygens (including phenoxy) is 1. The molecular weight excluding hydrogens is 768 g/mol. The van der Waals surface area contributed by atoms with Gasteiger partial charge in [-0.05, 0) is 69.6 Å². The first-order valence-electron chi connectivity index (χ1n) is 16.5. The summed E-state index contributed by atoms with van der Waals surface area (Å²) in [6.07, 6.45) is 10.3. The first-order valence-corrected chi connectivity index (χ1v) is 22.9. The van der Waals surface area contributed by atoms with E-state index in [9.17, 15) is 18.0 Å². The Kier molecular flexibility index (Phi) is 12.3. The number of carbonyl (C=O) groups excluding carboxylic acids is 2. The Balaban J connectivity index is 0.000000234. The van der Waals surface area contributed by atoms with E-state index in [-0.39, 0.29) is 27.8 Å². The predicted molar refractivity (Wildman–Crippen MR) is 208 cm³/mol. The van der Waals surface area contributed by atoms with Crippen LogP contribution in [0.1, 0.15) is 62.3 Å². The first kappa shape index (κ1) is 40.5. The maximum absolute atomic E-state index is 12.6. The van der Waals surface area contributed by atoms with Gasteiger partial charge in [-0.3, -0.25) is 14.6 Å². The molecule has 5 aromatic rings. The molecule has 5 heterocycles. The molecule has 0 saturated heterocycles. The van der Waals surface area contributed by atoms with Crippen molar-refractivity contribution in [2.75, 3.05) is 18.2 Å². The van der Waals surface area contributed by atoms with Gasteiger partial charge in [-0.1, -0.05) is 19.6 Å². The number of nitrogens with one attached hydrogen (secondary N) is 4. The number of pyridine rings is 1. The molecule has 0 aliphatic rings. The minimum atomic E-state index is -3.38. The van der Waals surface area contributed by atoms with Crippen LogP contribution in [0.25, 0.3) is 22.3 Å². The molecule has 0 aromatic carbocycles. The Hall–Kier alpha value is -4.26. The number of fused-ring (bicyclic) bond motifs is 2. The number of amides is 2. The predicted octanol–water partition coefficient (Wildman–Crippen LogP) is 6.06. The van der Waals surface area contributed by atoms with Crippen LogP contribution in [-0.4, -0.2) is 86.7 Å². The third-order valence-electron chi connectivity index (χ3n) is 7.02. The van der Waals surface area contributed by atoms with E-state index in [0.717, 1.165) is 12.3 Å². The van der Waals surface area contributed by atoms with Crippen molar-refractivity contribution < 1.29 is 22.7 Å². The number of nitrogens with zero attached hydrogens (tertiary/aromatic N) is 6. The van der Waals surface area contributed by atoms with Crippen LogP contribution in [0, 0.1) is 0 Å². The third-order valence-corrected chi connectivity index (χ3v) is 10.2. The quantitative estimate of drug-likeness (QED) is 0.0944. The fraction of sp³-hybridized carbons (Fsp3) is 0.441. The van der Waals surface area contributed by atoms with Crippen molar-refractivity contribution in [2.45, 2.75) is 89.9 Å². The van der Waals surface area contributed by atoms with Crippen LogP contribution in [-0.2, 0) is 21.3 Å². The Morgan fingerprint density at radius 3 is 2.19 bits per heavy atom. The SMILES string of the molecule is CC(C)(C)NC(=O)c1c[nH]c2ncc(Nc3cncc(S(C)(=O)=O)c3)nc12.CC(C)(C)NC(=O)c1cn(COCC[Si](C)(C)C)c2ncc(Br)nc12. The lowest BCUT2D eigenvalue weighted by Crippen LogP contribution is -2.40. The van der Waals surface area contributed by atoms with Crippen LogP contribution < -0.4 is 16.0 Å². The van der Waals surface area contributed by atoms with E-state index in [1.807, 2.05) is 46.1 Å². The summed E-state index contributed by atoms with van der Waals surface area (Å²) in [5.41, 5.74) is 2.73. The molecule has 5 aromatic heterocycles. The van der Waals surface area contributed by atoms with Crippen molar-refractivity contribution in [3.8, 4) is 0 Å². The fourth-order valence-electron chi connectivity index (χ4n) is 4.61. The molecule has 0 unspecified atom stereocenters. The summed E-state index contributed by atoms with van der Waals surface area (Å²) in [6, 6.07) is 2.55. The molecule has 0 saturated carbocycles. The van der Waals surface area contributed by atoms with Crippen LogP contribution in [0.15, 0.2) is 52.7 Å². The monoisotopic (exact) mass is 814 g/mol. The van der Waals surface area contributed by atoms with Gasteiger partial charge in [-0.2, -0.15) is 0 Å². The zero-order valence-corrected chi connectivity index (χ0v) is 34.6. The number of aromatic amines is 1. The largest absolute Gasteiger partial charge is 0.361 e. The summed E-state index contributed by atoms with van der Waals surface area (Å²) in [6.45, 7) is 19.5. The van der Waals surface area contributed by atoms with E-state index in [4.69, 9.17) is 4.74 Å². The molecular formula is C34H47BrN10O5SSi. The highest BCUT2D eigenvalue weighted by molar-refractivity contribution is 9.10. The number of halogens is 1. The zero-order valence-electron chi connectivity index (χ0n) is 31.2. The number of H-pyrrole nitrogens is 1. The molecule has 18 heteroatoms. The van der Waals surface area contributed by atoms with E-state index in [2.05, 4.69) is 81.4 Å². The van der Waals surface area contributed by atoms with E-state index >= 15 is 0 Å². The summed E-state index contributed by atoms with van der Waals surface area (Å²) in [7, 11) is -4.50. The van der Waals surface area contributed by atoms with Crippen molar-refractivity contribution in [1.29, 1.82) is 0 Å². The van der Waals surface area contributed by atoms with Crippen molar-refractivity contribution in [3.63, 3.8) is 0 Å². The lowest BCUT2D eigenvalue weighted by Gasteiger charge is -2.20. The molecule has 4 N–H and O–H groups in total. The molecule has 280 valence electrons. The molecule has 0 aliphatic heterocycles. The van der Waals surface area contributed by atoms with Gasteiger partial charge >= 0.3 is 0 Å². The summed E-state index contributed by atoms with van der Waals surface area (Å²) in [5.74, 6) is -0.0638. The lowest BCUT2D eigenvalue weighted by atomic mass is 10.1. The molecule has 0 atom stereocenters. The summed E-state index contributed by atoms with van der Waals surface area (Å²) < 4.78 is 31.6. The molecule has 0 aliphatic carbocycles. The average molecular weight is 816 g/mol. The normalized spacial score (nSPS) is 12.4. The molecule has 15 nitrogen and oxygen atoms in total.